The van der Waals surface area contributed by atoms with E-state index in [1.54, 1.807) is 23.1 Å². The highest BCUT2D eigenvalue weighted by Gasteiger charge is 2.32. The molecule has 2 aliphatic rings. The number of carbonyl (C=O) groups is 1. The number of nitro benzene ring substituents is 1. The van der Waals surface area contributed by atoms with Crippen molar-refractivity contribution < 1.29 is 18.8 Å². The Labute approximate surface area is 179 Å². The van der Waals surface area contributed by atoms with Crippen molar-refractivity contribution in [2.45, 2.75) is 13.0 Å². The van der Waals surface area contributed by atoms with Crippen LogP contribution < -0.4 is 9.80 Å². The van der Waals surface area contributed by atoms with Crippen LogP contribution in [-0.2, 0) is 4.74 Å². The van der Waals surface area contributed by atoms with Crippen LogP contribution in [0.5, 0.6) is 0 Å². The molecule has 164 valence electrons. The van der Waals surface area contributed by atoms with Gasteiger partial charge in [-0.1, -0.05) is 18.2 Å². The third kappa shape index (κ3) is 4.32. The lowest BCUT2D eigenvalue weighted by atomic mass is 10.1. The average molecular weight is 428 g/mol. The maximum absolute atomic E-state index is 14.7. The SMILES string of the molecule is CC1CN(c2cc(N3CCOCC3)c(F)cc2[N+](=O)[O-])CCN1C(=O)c1ccccc1. The summed E-state index contributed by atoms with van der Waals surface area (Å²) in [5.74, 6) is -0.668. The molecule has 2 heterocycles. The second-order valence-corrected chi connectivity index (χ2v) is 7.81. The zero-order chi connectivity index (χ0) is 22.0. The molecule has 0 saturated carbocycles. The third-order valence-corrected chi connectivity index (χ3v) is 5.84. The molecule has 2 aromatic rings. The topological polar surface area (TPSA) is 79.2 Å². The standard InChI is InChI=1S/C22H25FN4O4/c1-16-15-25(7-8-26(16)22(28)17-5-3-2-4-6-17)20-14-19(24-9-11-31-12-10-24)18(23)13-21(20)27(29)30/h2-6,13-14,16H,7-12,15H2,1H3. The van der Waals surface area contributed by atoms with Crippen LogP contribution in [0.2, 0.25) is 0 Å². The summed E-state index contributed by atoms with van der Waals surface area (Å²) in [5, 5.41) is 11.7. The van der Waals surface area contributed by atoms with Crippen LogP contribution in [0.4, 0.5) is 21.5 Å². The first-order chi connectivity index (χ1) is 15.0. The van der Waals surface area contributed by atoms with Crippen molar-refractivity contribution in [3.8, 4) is 0 Å². The largest absolute Gasteiger partial charge is 0.378 e. The molecule has 0 spiro atoms. The fourth-order valence-electron chi connectivity index (χ4n) is 4.21. The van der Waals surface area contributed by atoms with Gasteiger partial charge in [0.05, 0.1) is 29.9 Å². The number of rotatable bonds is 4. The molecule has 2 aromatic carbocycles. The maximum atomic E-state index is 14.7. The van der Waals surface area contributed by atoms with E-state index in [-0.39, 0.29) is 17.6 Å². The Hall–Kier alpha value is -3.20. The maximum Gasteiger partial charge on any atom is 0.295 e. The van der Waals surface area contributed by atoms with E-state index in [1.807, 2.05) is 34.9 Å². The van der Waals surface area contributed by atoms with E-state index in [1.165, 1.54) is 0 Å². The van der Waals surface area contributed by atoms with Crippen LogP contribution >= 0.6 is 0 Å². The lowest BCUT2D eigenvalue weighted by Gasteiger charge is -2.41. The molecule has 0 N–H and O–H groups in total. The van der Waals surface area contributed by atoms with Crippen molar-refractivity contribution in [1.29, 1.82) is 0 Å². The van der Waals surface area contributed by atoms with Gasteiger partial charge < -0.3 is 19.4 Å². The number of anilines is 2. The van der Waals surface area contributed by atoms with Crippen LogP contribution in [-0.4, -0.2) is 67.7 Å². The van der Waals surface area contributed by atoms with Crippen LogP contribution in [0, 0.1) is 15.9 Å². The fraction of sp³-hybridized carbons (Fsp3) is 0.409. The van der Waals surface area contributed by atoms with Gasteiger partial charge in [-0.05, 0) is 25.1 Å². The van der Waals surface area contributed by atoms with Gasteiger partial charge in [0.25, 0.3) is 11.6 Å². The molecule has 0 bridgehead atoms. The zero-order valence-electron chi connectivity index (χ0n) is 17.4. The molecule has 0 radical (unpaired) electrons. The zero-order valence-corrected chi connectivity index (χ0v) is 17.4. The first kappa shape index (κ1) is 21.0. The summed E-state index contributed by atoms with van der Waals surface area (Å²) >= 11 is 0. The number of halogens is 1. The number of ether oxygens (including phenoxy) is 1. The summed E-state index contributed by atoms with van der Waals surface area (Å²) in [6, 6.07) is 11.5. The van der Waals surface area contributed by atoms with E-state index in [2.05, 4.69) is 0 Å². The number of nitrogens with zero attached hydrogens (tertiary/aromatic N) is 4. The summed E-state index contributed by atoms with van der Waals surface area (Å²) < 4.78 is 20.1. The third-order valence-electron chi connectivity index (χ3n) is 5.84. The van der Waals surface area contributed by atoms with Gasteiger partial charge in [-0.2, -0.15) is 0 Å². The lowest BCUT2D eigenvalue weighted by Crippen LogP contribution is -2.54. The molecule has 1 atom stereocenters. The summed E-state index contributed by atoms with van der Waals surface area (Å²) in [6.07, 6.45) is 0. The molecule has 0 aliphatic carbocycles. The molecule has 0 aromatic heterocycles. The molecule has 9 heteroatoms. The normalized spacial score (nSPS) is 19.4. The van der Waals surface area contributed by atoms with Crippen LogP contribution in [0.3, 0.4) is 0 Å². The van der Waals surface area contributed by atoms with Gasteiger partial charge in [-0.15, -0.1) is 0 Å². The number of amides is 1. The minimum atomic E-state index is -0.608. The fourth-order valence-corrected chi connectivity index (χ4v) is 4.21. The molecular weight excluding hydrogens is 403 g/mol. The number of carbonyl (C=O) groups excluding carboxylic acids is 1. The van der Waals surface area contributed by atoms with Gasteiger partial charge >= 0.3 is 0 Å². The summed E-state index contributed by atoms with van der Waals surface area (Å²) in [7, 11) is 0. The lowest BCUT2D eigenvalue weighted by molar-refractivity contribution is -0.384. The Balaban J connectivity index is 1.59. The number of morpholine rings is 1. The van der Waals surface area contributed by atoms with Gasteiger partial charge in [0.1, 0.15) is 5.69 Å². The van der Waals surface area contributed by atoms with E-state index in [4.69, 9.17) is 4.74 Å². The number of nitro groups is 1. The van der Waals surface area contributed by atoms with E-state index in [0.29, 0.717) is 62.9 Å². The molecular formula is C22H25FN4O4. The second-order valence-electron chi connectivity index (χ2n) is 7.81. The van der Waals surface area contributed by atoms with Crippen molar-refractivity contribution in [2.24, 2.45) is 0 Å². The van der Waals surface area contributed by atoms with Gasteiger partial charge in [0.15, 0.2) is 5.82 Å². The molecule has 2 fully saturated rings. The smallest absolute Gasteiger partial charge is 0.295 e. The van der Waals surface area contributed by atoms with Crippen molar-refractivity contribution >= 4 is 23.0 Å². The molecule has 8 nitrogen and oxygen atoms in total. The van der Waals surface area contributed by atoms with Crippen LogP contribution in [0.25, 0.3) is 0 Å². The molecule has 4 rings (SSSR count). The predicted molar refractivity (Wildman–Crippen MR) is 115 cm³/mol. The van der Waals surface area contributed by atoms with Gasteiger partial charge in [0, 0.05) is 44.3 Å². The second kappa shape index (κ2) is 8.89. The molecule has 2 aliphatic heterocycles. The number of benzene rings is 2. The molecule has 2 saturated heterocycles. The van der Waals surface area contributed by atoms with Gasteiger partial charge in [0.2, 0.25) is 0 Å². The number of piperazine rings is 1. The van der Waals surface area contributed by atoms with Gasteiger partial charge in [-0.25, -0.2) is 4.39 Å². The number of hydrogen-bond acceptors (Lipinski definition) is 6. The highest BCUT2D eigenvalue weighted by Crippen LogP contribution is 2.36. The summed E-state index contributed by atoms with van der Waals surface area (Å²) in [6.45, 7) is 5.24. The predicted octanol–water partition coefficient (Wildman–Crippen LogP) is 2.92. The van der Waals surface area contributed by atoms with E-state index in [9.17, 15) is 19.3 Å². The van der Waals surface area contributed by atoms with E-state index in [0.717, 1.165) is 6.07 Å². The number of hydrogen-bond donors (Lipinski definition) is 0. The Kier molecular flexibility index (Phi) is 6.03. The monoisotopic (exact) mass is 428 g/mol. The Bertz CT molecular complexity index is 965. The van der Waals surface area contributed by atoms with Crippen molar-refractivity contribution in [1.82, 2.24) is 4.90 Å². The molecule has 1 unspecified atom stereocenters. The Morgan fingerprint density at radius 3 is 2.42 bits per heavy atom. The van der Waals surface area contributed by atoms with E-state index >= 15 is 0 Å². The minimum Gasteiger partial charge on any atom is -0.378 e. The Morgan fingerprint density at radius 1 is 1.06 bits per heavy atom. The highest BCUT2D eigenvalue weighted by atomic mass is 19.1. The quantitative estimate of drug-likeness (QED) is 0.550. The van der Waals surface area contributed by atoms with Crippen LogP contribution in [0.1, 0.15) is 17.3 Å². The summed E-state index contributed by atoms with van der Waals surface area (Å²) in [5.41, 5.74) is 1.08. The first-order valence-corrected chi connectivity index (χ1v) is 10.4. The van der Waals surface area contributed by atoms with E-state index < -0.39 is 10.7 Å². The van der Waals surface area contributed by atoms with Crippen molar-refractivity contribution in [3.05, 3.63) is 64.0 Å². The average Bonchev–Trinajstić information content (AvgIpc) is 2.79. The molecule has 1 amide bonds. The van der Waals surface area contributed by atoms with Crippen molar-refractivity contribution in [2.75, 3.05) is 55.7 Å². The summed E-state index contributed by atoms with van der Waals surface area (Å²) in [4.78, 5) is 29.5. The Morgan fingerprint density at radius 2 is 1.77 bits per heavy atom. The van der Waals surface area contributed by atoms with Crippen molar-refractivity contribution in [3.63, 3.8) is 0 Å². The highest BCUT2D eigenvalue weighted by molar-refractivity contribution is 5.94. The van der Waals surface area contributed by atoms with Gasteiger partial charge in [-0.3, -0.25) is 14.9 Å². The first-order valence-electron chi connectivity index (χ1n) is 10.4. The molecule has 31 heavy (non-hydrogen) atoms. The minimum absolute atomic E-state index is 0.0599. The van der Waals surface area contributed by atoms with Crippen LogP contribution in [0.15, 0.2) is 42.5 Å².